The van der Waals surface area contributed by atoms with Gasteiger partial charge in [0.15, 0.2) is 0 Å². The van der Waals surface area contributed by atoms with Gasteiger partial charge in [0, 0.05) is 29.6 Å². The normalized spacial score (nSPS) is 22.1. The van der Waals surface area contributed by atoms with E-state index in [0.29, 0.717) is 12.1 Å². The Kier molecular flexibility index (Phi) is 4.11. The van der Waals surface area contributed by atoms with Crippen molar-refractivity contribution in [1.29, 1.82) is 0 Å². The Morgan fingerprint density at radius 2 is 2.10 bits per heavy atom. The number of rotatable bonds is 4. The van der Waals surface area contributed by atoms with Crippen LogP contribution in [0.5, 0.6) is 0 Å². The maximum Gasteiger partial charge on any atom is 0.134 e. The molecule has 1 aromatic carbocycles. The molecule has 2 atom stereocenters. The molecule has 3 heteroatoms. The van der Waals surface area contributed by atoms with Crippen LogP contribution in [0.25, 0.3) is 10.9 Å². The Balaban J connectivity index is 2.12. The summed E-state index contributed by atoms with van der Waals surface area (Å²) in [5, 5.41) is 4.52. The summed E-state index contributed by atoms with van der Waals surface area (Å²) in [6.45, 7) is 5.48. The van der Waals surface area contributed by atoms with Gasteiger partial charge >= 0.3 is 0 Å². The quantitative estimate of drug-likeness (QED) is 0.927. The molecule has 1 aliphatic heterocycles. The number of pyridine rings is 1. The molecule has 2 heterocycles. The molecule has 1 N–H and O–H groups in total. The lowest BCUT2D eigenvalue weighted by molar-refractivity contribution is 0.617. The Morgan fingerprint density at radius 1 is 1.29 bits per heavy atom. The first-order valence-electron chi connectivity index (χ1n) is 8.06. The molecule has 1 aromatic heterocycles. The molecule has 1 saturated heterocycles. The van der Waals surface area contributed by atoms with Crippen molar-refractivity contribution in [1.82, 2.24) is 10.3 Å². The molecule has 112 valence electrons. The Morgan fingerprint density at radius 3 is 2.86 bits per heavy atom. The molecule has 0 amide bonds. The van der Waals surface area contributed by atoms with Crippen LogP contribution in [0, 0.1) is 0 Å². The molecule has 3 rings (SSSR count). The average molecular weight is 283 g/mol. The molecule has 2 aromatic rings. The topological polar surface area (TPSA) is 28.2 Å². The molecular weight excluding hydrogens is 258 g/mol. The maximum absolute atomic E-state index is 5.01. The van der Waals surface area contributed by atoms with Gasteiger partial charge in [0.05, 0.1) is 5.52 Å². The van der Waals surface area contributed by atoms with Gasteiger partial charge in [-0.3, -0.25) is 0 Å². The fraction of sp³-hybridized carbons (Fsp3) is 0.500. The maximum atomic E-state index is 5.01. The third-order valence-corrected chi connectivity index (χ3v) is 4.65. The van der Waals surface area contributed by atoms with Crippen LogP contribution in [0.1, 0.15) is 38.7 Å². The molecule has 1 fully saturated rings. The van der Waals surface area contributed by atoms with E-state index in [-0.39, 0.29) is 0 Å². The minimum absolute atomic E-state index is 0.583. The molecule has 0 spiro atoms. The number of benzene rings is 1. The van der Waals surface area contributed by atoms with Crippen molar-refractivity contribution in [3.05, 3.63) is 35.9 Å². The van der Waals surface area contributed by atoms with Crippen molar-refractivity contribution in [3.63, 3.8) is 0 Å². The zero-order valence-electron chi connectivity index (χ0n) is 13.3. The van der Waals surface area contributed by atoms with Gasteiger partial charge < -0.3 is 10.2 Å². The minimum Gasteiger partial charge on any atom is -0.351 e. The van der Waals surface area contributed by atoms with Gasteiger partial charge in [0.2, 0.25) is 0 Å². The van der Waals surface area contributed by atoms with Gasteiger partial charge in [0.25, 0.3) is 0 Å². The summed E-state index contributed by atoms with van der Waals surface area (Å²) in [6, 6.07) is 11.9. The largest absolute Gasteiger partial charge is 0.351 e. The SMILES string of the molecule is CCC1CCC(C)N1c1nc2ccccc2cc1CNC. The molecule has 0 radical (unpaired) electrons. The third kappa shape index (κ3) is 2.62. The van der Waals surface area contributed by atoms with Gasteiger partial charge in [-0.15, -0.1) is 0 Å². The van der Waals surface area contributed by atoms with Gasteiger partial charge in [-0.1, -0.05) is 25.1 Å². The fourth-order valence-corrected chi connectivity index (χ4v) is 3.55. The second-order valence-electron chi connectivity index (χ2n) is 6.09. The fourth-order valence-electron chi connectivity index (χ4n) is 3.55. The molecule has 21 heavy (non-hydrogen) atoms. The smallest absolute Gasteiger partial charge is 0.134 e. The third-order valence-electron chi connectivity index (χ3n) is 4.65. The summed E-state index contributed by atoms with van der Waals surface area (Å²) in [5.41, 5.74) is 2.41. The highest BCUT2D eigenvalue weighted by atomic mass is 15.3. The number of para-hydroxylation sites is 1. The molecular formula is C18H25N3. The van der Waals surface area contributed by atoms with Gasteiger partial charge in [0.1, 0.15) is 5.82 Å². The van der Waals surface area contributed by atoms with Crippen LogP contribution >= 0.6 is 0 Å². The Bertz CT molecular complexity index is 623. The van der Waals surface area contributed by atoms with Crippen LogP contribution in [0.15, 0.2) is 30.3 Å². The van der Waals surface area contributed by atoms with Crippen LogP contribution in [-0.2, 0) is 6.54 Å². The number of anilines is 1. The van der Waals surface area contributed by atoms with Crippen LogP contribution < -0.4 is 10.2 Å². The van der Waals surface area contributed by atoms with E-state index in [9.17, 15) is 0 Å². The van der Waals surface area contributed by atoms with Crippen molar-refractivity contribution in [2.75, 3.05) is 11.9 Å². The van der Waals surface area contributed by atoms with E-state index in [4.69, 9.17) is 4.98 Å². The summed E-state index contributed by atoms with van der Waals surface area (Å²) in [6.07, 6.45) is 3.75. The van der Waals surface area contributed by atoms with E-state index in [0.717, 1.165) is 12.1 Å². The average Bonchev–Trinajstić information content (AvgIpc) is 2.88. The number of nitrogens with one attached hydrogen (secondary N) is 1. The highest BCUT2D eigenvalue weighted by molar-refractivity contribution is 5.82. The monoisotopic (exact) mass is 283 g/mol. The van der Waals surface area contributed by atoms with Crippen LogP contribution in [-0.4, -0.2) is 24.1 Å². The van der Waals surface area contributed by atoms with Crippen molar-refractivity contribution in [2.24, 2.45) is 0 Å². The zero-order valence-corrected chi connectivity index (χ0v) is 13.3. The first-order valence-corrected chi connectivity index (χ1v) is 8.06. The van der Waals surface area contributed by atoms with E-state index in [2.05, 4.69) is 54.4 Å². The van der Waals surface area contributed by atoms with Crippen molar-refractivity contribution >= 4 is 16.7 Å². The second-order valence-corrected chi connectivity index (χ2v) is 6.09. The predicted molar refractivity (Wildman–Crippen MR) is 89.8 cm³/mol. The first kappa shape index (κ1) is 14.3. The number of hydrogen-bond acceptors (Lipinski definition) is 3. The minimum atomic E-state index is 0.583. The molecule has 2 unspecified atom stereocenters. The number of fused-ring (bicyclic) bond motifs is 1. The lowest BCUT2D eigenvalue weighted by atomic mass is 10.1. The van der Waals surface area contributed by atoms with E-state index in [1.165, 1.54) is 36.0 Å². The lowest BCUT2D eigenvalue weighted by Crippen LogP contribution is -2.36. The number of hydrogen-bond donors (Lipinski definition) is 1. The van der Waals surface area contributed by atoms with E-state index >= 15 is 0 Å². The van der Waals surface area contributed by atoms with Crippen molar-refractivity contribution in [3.8, 4) is 0 Å². The second kappa shape index (κ2) is 6.02. The van der Waals surface area contributed by atoms with E-state index < -0.39 is 0 Å². The summed E-state index contributed by atoms with van der Waals surface area (Å²) in [5.74, 6) is 1.18. The lowest BCUT2D eigenvalue weighted by Gasteiger charge is -2.31. The van der Waals surface area contributed by atoms with Gasteiger partial charge in [-0.05, 0) is 45.4 Å². The predicted octanol–water partition coefficient (Wildman–Crippen LogP) is 3.72. The van der Waals surface area contributed by atoms with Crippen molar-refractivity contribution < 1.29 is 0 Å². The zero-order chi connectivity index (χ0) is 14.8. The molecule has 0 aliphatic carbocycles. The summed E-state index contributed by atoms with van der Waals surface area (Å²) >= 11 is 0. The summed E-state index contributed by atoms with van der Waals surface area (Å²) < 4.78 is 0. The molecule has 1 aliphatic rings. The first-order chi connectivity index (χ1) is 10.2. The van der Waals surface area contributed by atoms with Crippen molar-refractivity contribution in [2.45, 2.75) is 51.7 Å². The standard InChI is InChI=1S/C18H25N3/c1-4-16-10-9-13(2)21(16)18-15(12-19-3)11-14-7-5-6-8-17(14)20-18/h5-8,11,13,16,19H,4,9-10,12H2,1-3H3. The Labute approximate surface area is 127 Å². The molecule has 0 saturated carbocycles. The highest BCUT2D eigenvalue weighted by Gasteiger charge is 2.31. The summed E-state index contributed by atoms with van der Waals surface area (Å²) in [4.78, 5) is 7.56. The molecule has 3 nitrogen and oxygen atoms in total. The van der Waals surface area contributed by atoms with E-state index in [1.807, 2.05) is 7.05 Å². The van der Waals surface area contributed by atoms with E-state index in [1.54, 1.807) is 0 Å². The number of nitrogens with zero attached hydrogens (tertiary/aromatic N) is 2. The van der Waals surface area contributed by atoms with Crippen LogP contribution in [0.4, 0.5) is 5.82 Å². The summed E-state index contributed by atoms with van der Waals surface area (Å²) in [7, 11) is 2.00. The highest BCUT2D eigenvalue weighted by Crippen LogP contribution is 2.34. The van der Waals surface area contributed by atoms with Gasteiger partial charge in [-0.2, -0.15) is 0 Å². The van der Waals surface area contributed by atoms with Crippen LogP contribution in [0.2, 0.25) is 0 Å². The number of aromatic nitrogens is 1. The Hall–Kier alpha value is -1.61. The van der Waals surface area contributed by atoms with Crippen LogP contribution in [0.3, 0.4) is 0 Å². The molecule has 0 bridgehead atoms. The van der Waals surface area contributed by atoms with Gasteiger partial charge in [-0.25, -0.2) is 4.98 Å².